The molecular formula is C15H17BrIN3S. The van der Waals surface area contributed by atoms with E-state index in [1.54, 1.807) is 11.3 Å². The third-order valence-electron chi connectivity index (χ3n) is 3.40. The van der Waals surface area contributed by atoms with Crippen LogP contribution in [0, 0.1) is 0 Å². The number of thiophene rings is 1. The lowest BCUT2D eigenvalue weighted by molar-refractivity contribution is 0.912. The first-order chi connectivity index (χ1) is 9.70. The molecule has 0 saturated heterocycles. The van der Waals surface area contributed by atoms with Crippen LogP contribution in [0.25, 0.3) is 0 Å². The minimum absolute atomic E-state index is 0. The minimum atomic E-state index is 0. The Labute approximate surface area is 154 Å². The number of hydrogen-bond acceptors (Lipinski definition) is 2. The fraction of sp³-hybridized carbons (Fsp3) is 0.267. The molecule has 2 aromatic rings. The zero-order chi connectivity index (χ0) is 13.9. The predicted molar refractivity (Wildman–Crippen MR) is 105 cm³/mol. The number of nitrogens with one attached hydrogen (secondary N) is 1. The Bertz CT molecular complexity index is 654. The molecule has 0 unspecified atom stereocenters. The van der Waals surface area contributed by atoms with E-state index in [9.17, 15) is 0 Å². The predicted octanol–water partition coefficient (Wildman–Crippen LogP) is 4.54. The van der Waals surface area contributed by atoms with Crippen LogP contribution in [0.3, 0.4) is 0 Å². The summed E-state index contributed by atoms with van der Waals surface area (Å²) in [7, 11) is 0. The number of hydrogen-bond donors (Lipinski definition) is 2. The molecule has 0 fully saturated rings. The third kappa shape index (κ3) is 4.43. The summed E-state index contributed by atoms with van der Waals surface area (Å²) in [5.74, 6) is 0.465. The first-order valence-corrected chi connectivity index (χ1v) is 8.24. The number of aliphatic imine (C=N–C) groups is 1. The average Bonchev–Trinajstić information content (AvgIpc) is 3.04. The highest BCUT2D eigenvalue weighted by atomic mass is 127. The van der Waals surface area contributed by atoms with Gasteiger partial charge in [-0.25, -0.2) is 4.99 Å². The Morgan fingerprint density at radius 2 is 2.05 bits per heavy atom. The van der Waals surface area contributed by atoms with Crippen molar-refractivity contribution in [3.8, 4) is 0 Å². The van der Waals surface area contributed by atoms with Crippen molar-refractivity contribution in [3.63, 3.8) is 0 Å². The Balaban J connectivity index is 0.00000161. The van der Waals surface area contributed by atoms with Gasteiger partial charge in [-0.1, -0.05) is 6.07 Å². The second-order valence-corrected chi connectivity index (χ2v) is 7.42. The highest BCUT2D eigenvalue weighted by Gasteiger charge is 2.10. The topological polar surface area (TPSA) is 50.4 Å². The molecular weight excluding hydrogens is 461 g/mol. The summed E-state index contributed by atoms with van der Waals surface area (Å²) in [6.45, 7) is 0.611. The Kier molecular flexibility index (Phi) is 6.07. The Morgan fingerprint density at radius 3 is 2.81 bits per heavy atom. The molecule has 112 valence electrons. The van der Waals surface area contributed by atoms with Gasteiger partial charge in [-0.15, -0.1) is 35.3 Å². The summed E-state index contributed by atoms with van der Waals surface area (Å²) in [5.41, 5.74) is 9.87. The van der Waals surface area contributed by atoms with Crippen molar-refractivity contribution >= 4 is 62.9 Å². The average molecular weight is 478 g/mol. The normalized spacial score (nSPS) is 13.7. The van der Waals surface area contributed by atoms with Crippen molar-refractivity contribution in [2.24, 2.45) is 10.7 Å². The number of guanidine groups is 1. The van der Waals surface area contributed by atoms with Gasteiger partial charge in [-0.2, -0.15) is 0 Å². The quantitative estimate of drug-likeness (QED) is 0.387. The number of nitrogens with zero attached hydrogens (tertiary/aromatic N) is 1. The first kappa shape index (κ1) is 16.8. The standard InChI is InChI=1S/C15H16BrN3S.HI/c16-14-7-6-13(20-14)9-18-15(17)19-12-5-4-10-2-1-3-11(10)8-12;/h4-8H,1-3,9H2,(H3,17,18,19);1H. The van der Waals surface area contributed by atoms with Gasteiger partial charge in [0.05, 0.1) is 10.3 Å². The molecule has 21 heavy (non-hydrogen) atoms. The van der Waals surface area contributed by atoms with Crippen molar-refractivity contribution < 1.29 is 0 Å². The highest BCUT2D eigenvalue weighted by Crippen LogP contribution is 2.25. The summed E-state index contributed by atoms with van der Waals surface area (Å²) < 4.78 is 1.12. The molecule has 0 amide bonds. The van der Waals surface area contributed by atoms with E-state index in [4.69, 9.17) is 5.73 Å². The molecule has 3 rings (SSSR count). The molecule has 1 aliphatic rings. The summed E-state index contributed by atoms with van der Waals surface area (Å²) in [6, 6.07) is 10.5. The number of benzene rings is 1. The molecule has 1 aliphatic carbocycles. The van der Waals surface area contributed by atoms with Gasteiger partial charge in [0.1, 0.15) is 0 Å². The molecule has 0 saturated carbocycles. The zero-order valence-electron chi connectivity index (χ0n) is 11.4. The maximum absolute atomic E-state index is 5.94. The fourth-order valence-corrected chi connectivity index (χ4v) is 3.84. The van der Waals surface area contributed by atoms with Crippen LogP contribution in [0.15, 0.2) is 39.1 Å². The second-order valence-electron chi connectivity index (χ2n) is 4.87. The van der Waals surface area contributed by atoms with Crippen molar-refractivity contribution in [2.45, 2.75) is 25.8 Å². The van der Waals surface area contributed by atoms with Crippen LogP contribution < -0.4 is 11.1 Å². The molecule has 1 heterocycles. The van der Waals surface area contributed by atoms with Gasteiger partial charge >= 0.3 is 0 Å². The largest absolute Gasteiger partial charge is 0.370 e. The van der Waals surface area contributed by atoms with E-state index in [1.165, 1.54) is 35.3 Å². The van der Waals surface area contributed by atoms with E-state index < -0.39 is 0 Å². The number of fused-ring (bicyclic) bond motifs is 1. The number of aryl methyl sites for hydroxylation is 2. The number of nitrogens with two attached hydrogens (primary N) is 1. The number of rotatable bonds is 3. The van der Waals surface area contributed by atoms with E-state index in [1.807, 2.05) is 6.07 Å². The van der Waals surface area contributed by atoms with E-state index >= 15 is 0 Å². The van der Waals surface area contributed by atoms with E-state index in [0.29, 0.717) is 12.5 Å². The van der Waals surface area contributed by atoms with Crippen LogP contribution >= 0.6 is 51.2 Å². The molecule has 0 atom stereocenters. The van der Waals surface area contributed by atoms with Gasteiger partial charge < -0.3 is 11.1 Å². The van der Waals surface area contributed by atoms with Crippen LogP contribution in [0.4, 0.5) is 5.69 Å². The molecule has 0 radical (unpaired) electrons. The minimum Gasteiger partial charge on any atom is -0.370 e. The van der Waals surface area contributed by atoms with Crippen molar-refractivity contribution in [2.75, 3.05) is 5.32 Å². The molecule has 1 aromatic heterocycles. The van der Waals surface area contributed by atoms with Crippen molar-refractivity contribution in [1.82, 2.24) is 0 Å². The lowest BCUT2D eigenvalue weighted by Crippen LogP contribution is -2.22. The van der Waals surface area contributed by atoms with Gasteiger partial charge in [-0.3, -0.25) is 0 Å². The van der Waals surface area contributed by atoms with Crippen LogP contribution in [0.5, 0.6) is 0 Å². The maximum Gasteiger partial charge on any atom is 0.193 e. The van der Waals surface area contributed by atoms with Gasteiger partial charge in [0.25, 0.3) is 0 Å². The second kappa shape index (κ2) is 7.60. The van der Waals surface area contributed by atoms with Crippen LogP contribution in [0.2, 0.25) is 0 Å². The Morgan fingerprint density at radius 1 is 1.24 bits per heavy atom. The van der Waals surface area contributed by atoms with Gasteiger partial charge in [0.15, 0.2) is 5.96 Å². The third-order valence-corrected chi connectivity index (χ3v) is 5.01. The van der Waals surface area contributed by atoms with E-state index in [0.717, 1.165) is 9.47 Å². The van der Waals surface area contributed by atoms with Crippen LogP contribution in [-0.4, -0.2) is 5.96 Å². The molecule has 0 aliphatic heterocycles. The smallest absolute Gasteiger partial charge is 0.193 e. The lowest BCUT2D eigenvalue weighted by Gasteiger charge is -2.07. The molecule has 1 aromatic carbocycles. The summed E-state index contributed by atoms with van der Waals surface area (Å²) in [5, 5.41) is 3.17. The molecule has 0 bridgehead atoms. The van der Waals surface area contributed by atoms with Gasteiger partial charge in [0, 0.05) is 10.6 Å². The Hall–Kier alpha value is -0.600. The number of anilines is 1. The fourth-order valence-electron chi connectivity index (χ4n) is 2.44. The summed E-state index contributed by atoms with van der Waals surface area (Å²) >= 11 is 5.12. The summed E-state index contributed by atoms with van der Waals surface area (Å²) in [6.07, 6.45) is 3.63. The highest BCUT2D eigenvalue weighted by molar-refractivity contribution is 14.0. The molecule has 6 heteroatoms. The summed E-state index contributed by atoms with van der Waals surface area (Å²) in [4.78, 5) is 5.56. The number of halogens is 2. The van der Waals surface area contributed by atoms with Crippen LogP contribution in [-0.2, 0) is 19.4 Å². The van der Waals surface area contributed by atoms with E-state index in [2.05, 4.69) is 50.5 Å². The lowest BCUT2D eigenvalue weighted by atomic mass is 10.1. The molecule has 3 N–H and O–H groups in total. The van der Waals surface area contributed by atoms with Crippen LogP contribution in [0.1, 0.15) is 22.4 Å². The van der Waals surface area contributed by atoms with E-state index in [-0.39, 0.29) is 24.0 Å². The zero-order valence-corrected chi connectivity index (χ0v) is 16.2. The van der Waals surface area contributed by atoms with Crippen molar-refractivity contribution in [1.29, 1.82) is 0 Å². The van der Waals surface area contributed by atoms with Crippen molar-refractivity contribution in [3.05, 3.63) is 50.1 Å². The SMILES string of the molecule is I.NC(=NCc1ccc(Br)s1)Nc1ccc2c(c1)CCC2. The first-order valence-electron chi connectivity index (χ1n) is 6.64. The maximum atomic E-state index is 5.94. The molecule has 3 nitrogen and oxygen atoms in total. The van der Waals surface area contributed by atoms with Gasteiger partial charge in [0.2, 0.25) is 0 Å². The molecule has 0 spiro atoms. The monoisotopic (exact) mass is 477 g/mol. The van der Waals surface area contributed by atoms with Gasteiger partial charge in [-0.05, 0) is 70.6 Å².